The summed E-state index contributed by atoms with van der Waals surface area (Å²) in [6.45, 7) is 0. The highest BCUT2D eigenvalue weighted by Gasteiger charge is 2.18. The number of fused-ring (bicyclic) bond motifs is 2. The van der Waals surface area contributed by atoms with Crippen LogP contribution in [-0.4, -0.2) is 20.2 Å². The number of pyridine rings is 2. The van der Waals surface area contributed by atoms with Gasteiger partial charge in [0.15, 0.2) is 0 Å². The van der Waals surface area contributed by atoms with Crippen LogP contribution in [0.4, 0.5) is 14.5 Å². The molecule has 0 aliphatic heterocycles. The van der Waals surface area contributed by atoms with Gasteiger partial charge in [0, 0.05) is 17.0 Å². The Morgan fingerprint density at radius 1 is 1.17 bits per heavy atom. The molecular formula is C15H9F2N5O. The van der Waals surface area contributed by atoms with Crippen LogP contribution in [0.1, 0.15) is 0 Å². The van der Waals surface area contributed by atoms with Gasteiger partial charge in [-0.25, -0.2) is 8.78 Å². The highest BCUT2D eigenvalue weighted by atomic mass is 19.1. The van der Waals surface area contributed by atoms with Crippen molar-refractivity contribution >= 4 is 27.6 Å². The summed E-state index contributed by atoms with van der Waals surface area (Å²) in [7, 11) is 0. The Balaban J connectivity index is 2.20. The molecular weight excluding hydrogens is 304 g/mol. The number of nitrogens with two attached hydrogens (primary N) is 1. The minimum atomic E-state index is -0.587. The number of nitrogens with zero attached hydrogens (tertiary/aromatic N) is 2. The van der Waals surface area contributed by atoms with Gasteiger partial charge in [-0.1, -0.05) is 6.07 Å². The summed E-state index contributed by atoms with van der Waals surface area (Å²) in [6.07, 6.45) is 2.46. The monoisotopic (exact) mass is 313 g/mol. The molecule has 0 fully saturated rings. The normalized spacial score (nSPS) is 11.4. The van der Waals surface area contributed by atoms with Crippen LogP contribution >= 0.6 is 0 Å². The van der Waals surface area contributed by atoms with Gasteiger partial charge in [-0.3, -0.25) is 14.9 Å². The first kappa shape index (κ1) is 13.4. The molecule has 0 aliphatic rings. The molecule has 0 saturated carbocycles. The molecule has 8 heteroatoms. The lowest BCUT2D eigenvalue weighted by molar-refractivity contribution is 0.624. The van der Waals surface area contributed by atoms with Gasteiger partial charge in [-0.2, -0.15) is 5.10 Å². The zero-order valence-corrected chi connectivity index (χ0v) is 11.5. The van der Waals surface area contributed by atoms with E-state index in [1.807, 2.05) is 0 Å². The summed E-state index contributed by atoms with van der Waals surface area (Å²) in [5.74, 6) is -1.07. The lowest BCUT2D eigenvalue weighted by Gasteiger charge is -2.10. The fraction of sp³-hybridized carbons (Fsp3) is 0. The summed E-state index contributed by atoms with van der Waals surface area (Å²) in [4.78, 5) is 18.6. The van der Waals surface area contributed by atoms with Crippen molar-refractivity contribution in [3.63, 3.8) is 0 Å². The van der Waals surface area contributed by atoms with E-state index in [0.29, 0.717) is 22.0 Å². The van der Waals surface area contributed by atoms with Crippen LogP contribution in [-0.2, 0) is 0 Å². The highest BCUT2D eigenvalue weighted by molar-refractivity contribution is 6.05. The molecule has 23 heavy (non-hydrogen) atoms. The molecule has 0 saturated heterocycles. The first-order chi connectivity index (χ1) is 11.1. The van der Waals surface area contributed by atoms with Crippen LogP contribution in [0.2, 0.25) is 0 Å². The van der Waals surface area contributed by atoms with Crippen molar-refractivity contribution in [1.29, 1.82) is 0 Å². The SMILES string of the molecule is Nc1c(-c2ccc(F)c3[nH]ncc23)c2ncc(F)cc2[nH]c1=O. The van der Waals surface area contributed by atoms with Crippen molar-refractivity contribution in [1.82, 2.24) is 20.2 Å². The fourth-order valence-electron chi connectivity index (χ4n) is 2.66. The van der Waals surface area contributed by atoms with Gasteiger partial charge in [0.05, 0.1) is 23.4 Å². The topological polar surface area (TPSA) is 100 Å². The second-order valence-corrected chi connectivity index (χ2v) is 5.05. The molecule has 0 atom stereocenters. The molecule has 4 aromatic rings. The lowest BCUT2D eigenvalue weighted by atomic mass is 9.99. The average Bonchev–Trinajstić information content (AvgIpc) is 3.01. The number of hydrogen-bond donors (Lipinski definition) is 3. The number of aromatic amines is 2. The van der Waals surface area contributed by atoms with Crippen molar-refractivity contribution < 1.29 is 8.78 Å². The van der Waals surface area contributed by atoms with Gasteiger partial charge in [0.2, 0.25) is 0 Å². The third kappa shape index (κ3) is 1.88. The molecule has 0 amide bonds. The third-order valence-corrected chi connectivity index (χ3v) is 3.69. The van der Waals surface area contributed by atoms with Crippen LogP contribution in [0, 0.1) is 11.6 Å². The van der Waals surface area contributed by atoms with Crippen molar-refractivity contribution in [3.8, 4) is 11.1 Å². The second-order valence-electron chi connectivity index (χ2n) is 5.05. The Hall–Kier alpha value is -3.29. The van der Waals surface area contributed by atoms with Gasteiger partial charge >= 0.3 is 0 Å². The highest BCUT2D eigenvalue weighted by Crippen LogP contribution is 2.35. The van der Waals surface area contributed by atoms with E-state index in [9.17, 15) is 13.6 Å². The average molecular weight is 313 g/mol. The van der Waals surface area contributed by atoms with Gasteiger partial charge in [-0.15, -0.1) is 0 Å². The number of rotatable bonds is 1. The maximum Gasteiger partial charge on any atom is 0.272 e. The zero-order chi connectivity index (χ0) is 16.1. The Bertz CT molecular complexity index is 1130. The molecule has 4 rings (SSSR count). The number of anilines is 1. The summed E-state index contributed by atoms with van der Waals surface area (Å²) in [6, 6.07) is 3.89. The Labute approximate surface area is 127 Å². The van der Waals surface area contributed by atoms with Gasteiger partial charge < -0.3 is 10.7 Å². The summed E-state index contributed by atoms with van der Waals surface area (Å²) in [5.41, 5.74) is 6.79. The smallest absolute Gasteiger partial charge is 0.272 e. The zero-order valence-electron chi connectivity index (χ0n) is 11.5. The van der Waals surface area contributed by atoms with E-state index < -0.39 is 17.2 Å². The van der Waals surface area contributed by atoms with Gasteiger partial charge in [0.25, 0.3) is 5.56 Å². The molecule has 114 valence electrons. The van der Waals surface area contributed by atoms with Crippen LogP contribution in [0.25, 0.3) is 33.1 Å². The van der Waals surface area contributed by atoms with Gasteiger partial charge in [0.1, 0.15) is 22.8 Å². The number of H-pyrrole nitrogens is 2. The standard InChI is InChI=1S/C15H9F2N5O/c16-6-3-10-14(19-4-6)11(12(18)15(23)21-10)7-1-2-9(17)13-8(7)5-20-22-13/h1-5H,18H2,(H,20,22)(H,21,23). The predicted molar refractivity (Wildman–Crippen MR) is 81.8 cm³/mol. The molecule has 0 radical (unpaired) electrons. The fourth-order valence-corrected chi connectivity index (χ4v) is 2.66. The van der Waals surface area contributed by atoms with E-state index in [-0.39, 0.29) is 16.7 Å². The molecule has 1 aromatic carbocycles. The van der Waals surface area contributed by atoms with Crippen LogP contribution in [0.3, 0.4) is 0 Å². The Kier molecular flexibility index (Phi) is 2.68. The third-order valence-electron chi connectivity index (χ3n) is 3.69. The maximum absolute atomic E-state index is 13.8. The first-order valence-corrected chi connectivity index (χ1v) is 6.65. The van der Waals surface area contributed by atoms with Crippen LogP contribution in [0.5, 0.6) is 0 Å². The largest absolute Gasteiger partial charge is 0.394 e. The van der Waals surface area contributed by atoms with E-state index in [1.54, 1.807) is 0 Å². The quantitative estimate of drug-likeness (QED) is 0.502. The molecule has 0 spiro atoms. The van der Waals surface area contributed by atoms with Crippen LogP contribution in [0.15, 0.2) is 35.4 Å². The van der Waals surface area contributed by atoms with Crippen LogP contribution < -0.4 is 11.3 Å². The van der Waals surface area contributed by atoms with Crippen molar-refractivity contribution in [2.75, 3.05) is 5.73 Å². The molecule has 6 nitrogen and oxygen atoms in total. The molecule has 3 heterocycles. The number of aromatic nitrogens is 4. The Morgan fingerprint density at radius 3 is 2.83 bits per heavy atom. The van der Waals surface area contributed by atoms with Crippen molar-refractivity contribution in [3.05, 3.63) is 52.6 Å². The maximum atomic E-state index is 13.8. The van der Waals surface area contributed by atoms with Crippen molar-refractivity contribution in [2.45, 2.75) is 0 Å². The van der Waals surface area contributed by atoms with E-state index in [1.165, 1.54) is 18.3 Å². The van der Waals surface area contributed by atoms with Crippen molar-refractivity contribution in [2.24, 2.45) is 0 Å². The predicted octanol–water partition coefficient (Wildman–Crippen LogP) is 2.33. The lowest BCUT2D eigenvalue weighted by Crippen LogP contribution is -2.14. The van der Waals surface area contributed by atoms with E-state index in [4.69, 9.17) is 5.73 Å². The summed E-state index contributed by atoms with van der Waals surface area (Å²) in [5, 5.41) is 6.83. The van der Waals surface area contributed by atoms with E-state index in [2.05, 4.69) is 20.2 Å². The second kappa shape index (κ2) is 4.60. The Morgan fingerprint density at radius 2 is 2.00 bits per heavy atom. The molecule has 3 aromatic heterocycles. The molecule has 0 aliphatic carbocycles. The van der Waals surface area contributed by atoms with E-state index in [0.717, 1.165) is 12.3 Å². The number of halogens is 2. The number of hydrogen-bond acceptors (Lipinski definition) is 4. The molecule has 4 N–H and O–H groups in total. The minimum Gasteiger partial charge on any atom is -0.394 e. The summed E-state index contributed by atoms with van der Waals surface area (Å²) < 4.78 is 27.2. The summed E-state index contributed by atoms with van der Waals surface area (Å²) >= 11 is 0. The number of benzene rings is 1. The number of nitrogen functional groups attached to an aromatic ring is 1. The van der Waals surface area contributed by atoms with E-state index >= 15 is 0 Å². The molecule has 0 unspecified atom stereocenters. The molecule has 0 bridgehead atoms. The first-order valence-electron chi connectivity index (χ1n) is 6.65. The minimum absolute atomic E-state index is 0.0780. The number of nitrogens with one attached hydrogen (secondary N) is 2. The van der Waals surface area contributed by atoms with Gasteiger partial charge in [-0.05, 0) is 11.6 Å².